The lowest BCUT2D eigenvalue weighted by molar-refractivity contribution is 0.756. The maximum absolute atomic E-state index is 6.12. The Hall–Kier alpha value is -2.62. The normalized spacial score (nSPS) is 15.0. The molecule has 104 valence electrons. The van der Waals surface area contributed by atoms with Crippen LogP contribution in [0.4, 0.5) is 5.82 Å². The number of rotatable bonds is 2. The van der Waals surface area contributed by atoms with Crippen LogP contribution in [0.25, 0.3) is 16.7 Å². The molecule has 0 atom stereocenters. The summed E-state index contributed by atoms with van der Waals surface area (Å²) in [5.41, 5.74) is 10.3. The van der Waals surface area contributed by atoms with Gasteiger partial charge >= 0.3 is 0 Å². The molecule has 4 rings (SSSR count). The van der Waals surface area contributed by atoms with Crippen LogP contribution in [-0.4, -0.2) is 14.5 Å². The second kappa shape index (κ2) is 4.74. The van der Waals surface area contributed by atoms with E-state index in [-0.39, 0.29) is 0 Å². The molecule has 2 heterocycles. The van der Waals surface area contributed by atoms with E-state index in [1.807, 2.05) is 18.2 Å². The molecular weight excluding hydrogens is 260 g/mol. The van der Waals surface area contributed by atoms with Crippen molar-refractivity contribution >= 4 is 16.9 Å². The van der Waals surface area contributed by atoms with Crippen LogP contribution in [0.1, 0.15) is 24.3 Å². The Labute approximate surface area is 122 Å². The summed E-state index contributed by atoms with van der Waals surface area (Å²) in [5, 5.41) is 0. The van der Waals surface area contributed by atoms with E-state index in [1.54, 1.807) is 6.33 Å². The van der Waals surface area contributed by atoms with E-state index in [4.69, 9.17) is 5.73 Å². The molecule has 4 nitrogen and oxygen atoms in total. The first-order valence-electron chi connectivity index (χ1n) is 7.16. The molecule has 2 N–H and O–H groups in total. The lowest BCUT2D eigenvalue weighted by Gasteiger charge is -2.06. The number of hydrogen-bond acceptors (Lipinski definition) is 3. The van der Waals surface area contributed by atoms with Gasteiger partial charge < -0.3 is 10.3 Å². The van der Waals surface area contributed by atoms with E-state index < -0.39 is 0 Å². The SMILES string of the molecule is Nc1ncnc2c(C3CC=CC3)cn(-c3ccccc3)c12. The molecule has 0 spiro atoms. The van der Waals surface area contributed by atoms with E-state index in [2.05, 4.69) is 45.0 Å². The fourth-order valence-corrected chi connectivity index (χ4v) is 3.07. The average Bonchev–Trinajstić information content (AvgIpc) is 3.16. The molecule has 2 aromatic heterocycles. The van der Waals surface area contributed by atoms with E-state index in [9.17, 15) is 0 Å². The minimum atomic E-state index is 0.492. The molecule has 21 heavy (non-hydrogen) atoms. The highest BCUT2D eigenvalue weighted by Gasteiger charge is 2.21. The number of fused-ring (bicyclic) bond motifs is 1. The summed E-state index contributed by atoms with van der Waals surface area (Å²) in [7, 11) is 0. The molecule has 0 aliphatic heterocycles. The molecule has 0 amide bonds. The Morgan fingerprint density at radius 2 is 1.81 bits per heavy atom. The maximum Gasteiger partial charge on any atom is 0.151 e. The van der Waals surface area contributed by atoms with Crippen LogP contribution >= 0.6 is 0 Å². The maximum atomic E-state index is 6.12. The molecule has 0 saturated carbocycles. The van der Waals surface area contributed by atoms with Crippen LogP contribution in [0.3, 0.4) is 0 Å². The number of nitrogens with zero attached hydrogens (tertiary/aromatic N) is 3. The Morgan fingerprint density at radius 1 is 1.05 bits per heavy atom. The van der Waals surface area contributed by atoms with E-state index in [0.717, 1.165) is 29.6 Å². The molecule has 0 saturated heterocycles. The van der Waals surface area contributed by atoms with Gasteiger partial charge in [0.2, 0.25) is 0 Å². The first-order chi connectivity index (χ1) is 10.3. The van der Waals surface area contributed by atoms with Gasteiger partial charge in [-0.1, -0.05) is 30.4 Å². The second-order valence-electron chi connectivity index (χ2n) is 5.39. The number of nitrogen functional groups attached to an aromatic ring is 1. The zero-order chi connectivity index (χ0) is 14.2. The average molecular weight is 276 g/mol. The molecule has 0 fully saturated rings. The van der Waals surface area contributed by atoms with Gasteiger partial charge in [0.1, 0.15) is 11.8 Å². The first kappa shape index (κ1) is 12.1. The van der Waals surface area contributed by atoms with Gasteiger partial charge in [0.25, 0.3) is 0 Å². The Morgan fingerprint density at radius 3 is 2.57 bits per heavy atom. The van der Waals surface area contributed by atoms with Crippen LogP contribution in [0, 0.1) is 0 Å². The lowest BCUT2D eigenvalue weighted by atomic mass is 9.99. The van der Waals surface area contributed by atoms with Crippen molar-refractivity contribution in [2.45, 2.75) is 18.8 Å². The number of benzene rings is 1. The van der Waals surface area contributed by atoms with Gasteiger partial charge in [0, 0.05) is 17.4 Å². The molecule has 3 aromatic rings. The Balaban J connectivity index is 1.98. The summed E-state index contributed by atoms with van der Waals surface area (Å²) in [4.78, 5) is 8.66. The van der Waals surface area contributed by atoms with Crippen LogP contribution in [0.2, 0.25) is 0 Å². The van der Waals surface area contributed by atoms with Crippen LogP contribution in [-0.2, 0) is 0 Å². The fraction of sp³-hybridized carbons (Fsp3) is 0.176. The smallest absolute Gasteiger partial charge is 0.151 e. The Bertz CT molecular complexity index is 809. The van der Waals surface area contributed by atoms with Crippen molar-refractivity contribution in [3.05, 3.63) is 60.6 Å². The summed E-state index contributed by atoms with van der Waals surface area (Å²) in [5.74, 6) is 1.02. The third-order valence-corrected chi connectivity index (χ3v) is 4.12. The van der Waals surface area contributed by atoms with Crippen molar-refractivity contribution in [2.75, 3.05) is 5.73 Å². The van der Waals surface area contributed by atoms with Crippen molar-refractivity contribution in [1.82, 2.24) is 14.5 Å². The van der Waals surface area contributed by atoms with Gasteiger partial charge in [-0.25, -0.2) is 9.97 Å². The zero-order valence-electron chi connectivity index (χ0n) is 11.6. The minimum absolute atomic E-state index is 0.492. The summed E-state index contributed by atoms with van der Waals surface area (Å²) in [6, 6.07) is 10.2. The largest absolute Gasteiger partial charge is 0.382 e. The summed E-state index contributed by atoms with van der Waals surface area (Å²) >= 11 is 0. The van der Waals surface area contributed by atoms with Crippen LogP contribution < -0.4 is 5.73 Å². The predicted octanol–water partition coefficient (Wildman–Crippen LogP) is 3.44. The van der Waals surface area contributed by atoms with Gasteiger partial charge in [0.05, 0.1) is 5.52 Å². The monoisotopic (exact) mass is 276 g/mol. The second-order valence-corrected chi connectivity index (χ2v) is 5.39. The molecule has 0 bridgehead atoms. The molecule has 1 aliphatic carbocycles. The Kier molecular flexibility index (Phi) is 2.74. The quantitative estimate of drug-likeness (QED) is 0.729. The number of para-hydroxylation sites is 1. The first-order valence-corrected chi connectivity index (χ1v) is 7.16. The van der Waals surface area contributed by atoms with Crippen molar-refractivity contribution in [3.8, 4) is 5.69 Å². The van der Waals surface area contributed by atoms with Crippen molar-refractivity contribution in [3.63, 3.8) is 0 Å². The number of hydrogen-bond donors (Lipinski definition) is 1. The van der Waals surface area contributed by atoms with Crippen molar-refractivity contribution < 1.29 is 0 Å². The van der Waals surface area contributed by atoms with Crippen molar-refractivity contribution in [1.29, 1.82) is 0 Å². The molecule has 0 radical (unpaired) electrons. The zero-order valence-corrected chi connectivity index (χ0v) is 11.6. The van der Waals surface area contributed by atoms with Crippen molar-refractivity contribution in [2.24, 2.45) is 0 Å². The standard InChI is InChI=1S/C17H16N4/c18-17-16-15(19-11-20-17)14(12-6-4-5-7-12)10-21(16)13-8-2-1-3-9-13/h1-5,8-12H,6-7H2,(H2,18,19,20). The van der Waals surface area contributed by atoms with E-state index in [1.165, 1.54) is 5.56 Å². The summed E-state index contributed by atoms with van der Waals surface area (Å²) in [6.45, 7) is 0. The third kappa shape index (κ3) is 1.91. The molecule has 1 aromatic carbocycles. The van der Waals surface area contributed by atoms with Gasteiger partial charge in [-0.15, -0.1) is 0 Å². The fourth-order valence-electron chi connectivity index (χ4n) is 3.07. The summed E-state index contributed by atoms with van der Waals surface area (Å²) in [6.07, 6.45) is 10.3. The van der Waals surface area contributed by atoms with Crippen LogP contribution in [0.5, 0.6) is 0 Å². The highest BCUT2D eigenvalue weighted by atomic mass is 15.0. The van der Waals surface area contributed by atoms with Gasteiger partial charge in [-0.2, -0.15) is 0 Å². The van der Waals surface area contributed by atoms with Gasteiger partial charge in [-0.05, 0) is 30.9 Å². The molecule has 4 heteroatoms. The number of aromatic nitrogens is 3. The highest BCUT2D eigenvalue weighted by Crippen LogP contribution is 2.36. The van der Waals surface area contributed by atoms with Gasteiger partial charge in [0.15, 0.2) is 5.82 Å². The highest BCUT2D eigenvalue weighted by molar-refractivity contribution is 5.90. The van der Waals surface area contributed by atoms with E-state index >= 15 is 0 Å². The summed E-state index contributed by atoms with van der Waals surface area (Å²) < 4.78 is 2.11. The third-order valence-electron chi connectivity index (χ3n) is 4.12. The number of anilines is 1. The number of allylic oxidation sites excluding steroid dienone is 2. The number of nitrogens with two attached hydrogens (primary N) is 1. The lowest BCUT2D eigenvalue weighted by Crippen LogP contribution is -1.98. The molecule has 0 unspecified atom stereocenters. The predicted molar refractivity (Wildman–Crippen MR) is 84.4 cm³/mol. The minimum Gasteiger partial charge on any atom is -0.382 e. The van der Waals surface area contributed by atoms with E-state index in [0.29, 0.717) is 11.7 Å². The topological polar surface area (TPSA) is 56.7 Å². The molecule has 1 aliphatic rings. The van der Waals surface area contributed by atoms with Gasteiger partial charge in [-0.3, -0.25) is 0 Å². The molecular formula is C17H16N4. The van der Waals surface area contributed by atoms with Crippen LogP contribution in [0.15, 0.2) is 55.0 Å².